The molecule has 0 spiro atoms. The Kier molecular flexibility index (Phi) is 5.77. The molecule has 2 unspecified atom stereocenters. The van der Waals surface area contributed by atoms with Gasteiger partial charge in [0.15, 0.2) is 0 Å². The fourth-order valence-corrected chi connectivity index (χ4v) is 2.64. The van der Waals surface area contributed by atoms with Crippen molar-refractivity contribution >= 4 is 0 Å². The van der Waals surface area contributed by atoms with Crippen LogP contribution in [0.4, 0.5) is 0 Å². The van der Waals surface area contributed by atoms with Crippen LogP contribution in [0.5, 0.6) is 0 Å². The maximum atomic E-state index is 9.78. The van der Waals surface area contributed by atoms with E-state index in [1.54, 1.807) is 0 Å². The molecule has 0 aromatic rings. The molecule has 1 fully saturated rings. The molecule has 96 valence electrons. The van der Waals surface area contributed by atoms with Gasteiger partial charge in [0, 0.05) is 12.1 Å². The largest absolute Gasteiger partial charge is 0.392 e. The van der Waals surface area contributed by atoms with E-state index in [2.05, 4.69) is 25.7 Å². The van der Waals surface area contributed by atoms with Crippen molar-refractivity contribution in [3.05, 3.63) is 0 Å². The fourth-order valence-electron chi connectivity index (χ4n) is 2.64. The van der Waals surface area contributed by atoms with Gasteiger partial charge in [-0.2, -0.15) is 0 Å². The van der Waals surface area contributed by atoms with Crippen molar-refractivity contribution in [2.45, 2.75) is 78.0 Å². The lowest BCUT2D eigenvalue weighted by Crippen LogP contribution is -2.46. The van der Waals surface area contributed by atoms with Gasteiger partial charge in [0.1, 0.15) is 0 Å². The van der Waals surface area contributed by atoms with Crippen molar-refractivity contribution in [3.8, 4) is 0 Å². The molecule has 16 heavy (non-hydrogen) atoms. The number of rotatable bonds is 6. The van der Waals surface area contributed by atoms with Gasteiger partial charge in [-0.05, 0) is 45.6 Å². The monoisotopic (exact) mass is 227 g/mol. The smallest absolute Gasteiger partial charge is 0.0664 e. The summed E-state index contributed by atoms with van der Waals surface area (Å²) in [6.45, 7) is 9.79. The van der Waals surface area contributed by atoms with E-state index in [0.717, 1.165) is 18.5 Å². The van der Waals surface area contributed by atoms with E-state index in [4.69, 9.17) is 0 Å². The van der Waals surface area contributed by atoms with Crippen molar-refractivity contribution in [2.24, 2.45) is 5.92 Å². The Balaban J connectivity index is 2.53. The first kappa shape index (κ1) is 14.0. The van der Waals surface area contributed by atoms with Crippen LogP contribution in [0.25, 0.3) is 0 Å². The van der Waals surface area contributed by atoms with Crippen molar-refractivity contribution in [1.29, 1.82) is 0 Å². The van der Waals surface area contributed by atoms with Crippen LogP contribution < -0.4 is 0 Å². The predicted octanol–water partition coefficient (Wildman–Crippen LogP) is 3.05. The van der Waals surface area contributed by atoms with E-state index in [1.807, 2.05) is 6.92 Å². The Labute approximate surface area is 101 Å². The third-order valence-electron chi connectivity index (χ3n) is 3.98. The average Bonchev–Trinajstić information content (AvgIpc) is 2.70. The second-order valence-electron chi connectivity index (χ2n) is 5.84. The SMILES string of the molecule is CC(C)CCN(C1CCCC1)C(C)C(C)O. The standard InChI is InChI=1S/C14H29NO/c1-11(2)9-10-15(12(3)13(4)16)14-7-5-6-8-14/h11-14,16H,5-10H2,1-4H3. The number of aliphatic hydroxyl groups is 1. The summed E-state index contributed by atoms with van der Waals surface area (Å²) in [6.07, 6.45) is 6.43. The molecule has 0 aliphatic heterocycles. The first-order valence-electron chi connectivity index (χ1n) is 6.96. The second-order valence-corrected chi connectivity index (χ2v) is 5.84. The molecule has 0 radical (unpaired) electrons. The maximum absolute atomic E-state index is 9.78. The molecule has 0 saturated heterocycles. The van der Waals surface area contributed by atoms with Crippen LogP contribution in [0.3, 0.4) is 0 Å². The van der Waals surface area contributed by atoms with E-state index in [9.17, 15) is 5.11 Å². The zero-order valence-corrected chi connectivity index (χ0v) is 11.4. The first-order chi connectivity index (χ1) is 7.52. The summed E-state index contributed by atoms with van der Waals surface area (Å²) in [5.41, 5.74) is 0. The van der Waals surface area contributed by atoms with Gasteiger partial charge < -0.3 is 5.11 Å². The van der Waals surface area contributed by atoms with Crippen LogP contribution in [-0.4, -0.2) is 34.7 Å². The highest BCUT2D eigenvalue weighted by Gasteiger charge is 2.28. The summed E-state index contributed by atoms with van der Waals surface area (Å²) >= 11 is 0. The van der Waals surface area contributed by atoms with Gasteiger partial charge in [-0.25, -0.2) is 0 Å². The van der Waals surface area contributed by atoms with Crippen LogP contribution in [0.1, 0.15) is 59.8 Å². The zero-order valence-electron chi connectivity index (χ0n) is 11.4. The Morgan fingerprint density at radius 1 is 1.12 bits per heavy atom. The second kappa shape index (κ2) is 6.61. The summed E-state index contributed by atoms with van der Waals surface area (Å²) in [7, 11) is 0. The summed E-state index contributed by atoms with van der Waals surface area (Å²) in [5.74, 6) is 0.755. The molecule has 0 aromatic carbocycles. The maximum Gasteiger partial charge on any atom is 0.0664 e. The van der Waals surface area contributed by atoms with Crippen molar-refractivity contribution < 1.29 is 5.11 Å². The molecular formula is C14H29NO. The lowest BCUT2D eigenvalue weighted by molar-refractivity contribution is 0.0411. The number of hydrogen-bond acceptors (Lipinski definition) is 2. The van der Waals surface area contributed by atoms with Crippen LogP contribution in [0.2, 0.25) is 0 Å². The van der Waals surface area contributed by atoms with Gasteiger partial charge in [0.2, 0.25) is 0 Å². The molecule has 0 amide bonds. The quantitative estimate of drug-likeness (QED) is 0.754. The summed E-state index contributed by atoms with van der Waals surface area (Å²) in [6, 6.07) is 1.03. The molecule has 1 N–H and O–H groups in total. The van der Waals surface area contributed by atoms with Crippen molar-refractivity contribution in [2.75, 3.05) is 6.54 Å². The average molecular weight is 227 g/mol. The van der Waals surface area contributed by atoms with Crippen LogP contribution in [0, 0.1) is 5.92 Å². The Hall–Kier alpha value is -0.0800. The molecule has 0 bridgehead atoms. The molecule has 1 aliphatic rings. The Bertz CT molecular complexity index is 183. The lowest BCUT2D eigenvalue weighted by Gasteiger charge is -2.36. The fraction of sp³-hybridized carbons (Fsp3) is 1.00. The normalized spacial score (nSPS) is 21.9. The summed E-state index contributed by atoms with van der Waals surface area (Å²) in [4.78, 5) is 2.55. The van der Waals surface area contributed by atoms with E-state index >= 15 is 0 Å². The summed E-state index contributed by atoms with van der Waals surface area (Å²) in [5, 5.41) is 9.78. The third-order valence-corrected chi connectivity index (χ3v) is 3.98. The molecule has 0 aromatic heterocycles. The van der Waals surface area contributed by atoms with E-state index < -0.39 is 0 Å². The van der Waals surface area contributed by atoms with Gasteiger partial charge in [-0.3, -0.25) is 4.90 Å². The first-order valence-corrected chi connectivity index (χ1v) is 6.96. The minimum Gasteiger partial charge on any atom is -0.392 e. The molecular weight excluding hydrogens is 198 g/mol. The van der Waals surface area contributed by atoms with E-state index in [1.165, 1.54) is 32.1 Å². The Morgan fingerprint density at radius 3 is 2.12 bits per heavy atom. The van der Waals surface area contributed by atoms with Gasteiger partial charge >= 0.3 is 0 Å². The molecule has 2 heteroatoms. The highest BCUT2D eigenvalue weighted by molar-refractivity contribution is 4.83. The zero-order chi connectivity index (χ0) is 12.1. The van der Waals surface area contributed by atoms with Gasteiger partial charge in [0.05, 0.1) is 6.10 Å². The minimum absolute atomic E-state index is 0.215. The third kappa shape index (κ3) is 4.06. The molecule has 2 atom stereocenters. The topological polar surface area (TPSA) is 23.5 Å². The number of hydrogen-bond donors (Lipinski definition) is 1. The molecule has 1 aliphatic carbocycles. The van der Waals surface area contributed by atoms with E-state index in [-0.39, 0.29) is 6.10 Å². The highest BCUT2D eigenvalue weighted by Crippen LogP contribution is 2.26. The van der Waals surface area contributed by atoms with Crippen LogP contribution >= 0.6 is 0 Å². The van der Waals surface area contributed by atoms with Crippen LogP contribution in [-0.2, 0) is 0 Å². The van der Waals surface area contributed by atoms with Crippen LogP contribution in [0.15, 0.2) is 0 Å². The summed E-state index contributed by atoms with van der Waals surface area (Å²) < 4.78 is 0. The minimum atomic E-state index is -0.215. The molecule has 0 heterocycles. The van der Waals surface area contributed by atoms with Gasteiger partial charge in [-0.1, -0.05) is 26.7 Å². The molecule has 1 saturated carbocycles. The van der Waals surface area contributed by atoms with Gasteiger partial charge in [0.25, 0.3) is 0 Å². The Morgan fingerprint density at radius 2 is 1.69 bits per heavy atom. The van der Waals surface area contributed by atoms with Gasteiger partial charge in [-0.15, -0.1) is 0 Å². The van der Waals surface area contributed by atoms with Crippen molar-refractivity contribution in [3.63, 3.8) is 0 Å². The lowest BCUT2D eigenvalue weighted by atomic mass is 10.0. The van der Waals surface area contributed by atoms with Crippen molar-refractivity contribution in [1.82, 2.24) is 4.90 Å². The predicted molar refractivity (Wildman–Crippen MR) is 69.6 cm³/mol. The molecule has 1 rings (SSSR count). The van der Waals surface area contributed by atoms with E-state index in [0.29, 0.717) is 6.04 Å². The highest BCUT2D eigenvalue weighted by atomic mass is 16.3. The number of aliphatic hydroxyl groups excluding tert-OH is 1. The molecule has 2 nitrogen and oxygen atoms in total. The number of nitrogens with zero attached hydrogens (tertiary/aromatic N) is 1.